The van der Waals surface area contributed by atoms with E-state index in [1.807, 2.05) is 13.0 Å². The van der Waals surface area contributed by atoms with Crippen LogP contribution in [0.2, 0.25) is 0 Å². The lowest BCUT2D eigenvalue weighted by atomic mass is 10.2. The smallest absolute Gasteiger partial charge is 0.311 e. The highest BCUT2D eigenvalue weighted by Crippen LogP contribution is 2.27. The molecule has 0 aliphatic carbocycles. The fourth-order valence-corrected chi connectivity index (χ4v) is 1.81. The summed E-state index contributed by atoms with van der Waals surface area (Å²) in [5, 5.41) is 10.9. The number of nitrogens with zero attached hydrogens (tertiary/aromatic N) is 1. The zero-order valence-corrected chi connectivity index (χ0v) is 11.3. The molecule has 18 heavy (non-hydrogen) atoms. The minimum atomic E-state index is -0.407. The largest absolute Gasteiger partial charge is 0.487 e. The summed E-state index contributed by atoms with van der Waals surface area (Å²) in [6.45, 7) is 2.33. The second-order valence-corrected chi connectivity index (χ2v) is 4.56. The Morgan fingerprint density at radius 3 is 2.67 bits per heavy atom. The van der Waals surface area contributed by atoms with Gasteiger partial charge < -0.3 is 4.74 Å². The Labute approximate surface area is 112 Å². The third-order valence-electron chi connectivity index (χ3n) is 2.60. The topological polar surface area (TPSA) is 52.4 Å². The maximum atomic E-state index is 10.9. The van der Waals surface area contributed by atoms with Gasteiger partial charge in [0.1, 0.15) is 0 Å². The van der Waals surface area contributed by atoms with E-state index >= 15 is 0 Å². The molecule has 0 saturated heterocycles. The van der Waals surface area contributed by atoms with Gasteiger partial charge in [-0.3, -0.25) is 10.1 Å². The van der Waals surface area contributed by atoms with E-state index in [1.54, 1.807) is 6.07 Å². The van der Waals surface area contributed by atoms with Crippen LogP contribution in [0.25, 0.3) is 0 Å². The Bertz CT molecular complexity index is 396. The molecule has 0 aliphatic rings. The summed E-state index contributed by atoms with van der Waals surface area (Å²) in [5.74, 6) is 1.03. The van der Waals surface area contributed by atoms with E-state index in [4.69, 9.17) is 16.3 Å². The van der Waals surface area contributed by atoms with Crippen molar-refractivity contribution in [3.63, 3.8) is 0 Å². The molecule has 0 spiro atoms. The van der Waals surface area contributed by atoms with E-state index < -0.39 is 4.92 Å². The lowest BCUT2D eigenvalue weighted by molar-refractivity contribution is -0.385. The average molecular weight is 272 g/mol. The lowest BCUT2D eigenvalue weighted by Gasteiger charge is -2.07. The molecule has 0 amide bonds. The second-order valence-electron chi connectivity index (χ2n) is 4.18. The number of aryl methyl sites for hydroxylation is 1. The van der Waals surface area contributed by atoms with Crippen molar-refractivity contribution in [1.29, 1.82) is 0 Å². The van der Waals surface area contributed by atoms with Gasteiger partial charge in [-0.15, -0.1) is 11.6 Å². The Kier molecular flexibility index (Phi) is 6.50. The monoisotopic (exact) mass is 271 g/mol. The molecule has 0 aliphatic heterocycles. The van der Waals surface area contributed by atoms with Crippen molar-refractivity contribution in [2.24, 2.45) is 0 Å². The quantitative estimate of drug-likeness (QED) is 0.310. The Hall–Kier alpha value is -1.29. The molecule has 1 aromatic carbocycles. The van der Waals surface area contributed by atoms with Crippen LogP contribution in [0.15, 0.2) is 18.2 Å². The first-order valence-electron chi connectivity index (χ1n) is 6.09. The van der Waals surface area contributed by atoms with Crippen LogP contribution in [-0.2, 0) is 0 Å². The van der Waals surface area contributed by atoms with Crippen molar-refractivity contribution in [2.45, 2.75) is 32.6 Å². The van der Waals surface area contributed by atoms with Crippen molar-refractivity contribution in [1.82, 2.24) is 0 Å². The van der Waals surface area contributed by atoms with E-state index in [-0.39, 0.29) is 5.69 Å². The molecule has 0 fully saturated rings. The third-order valence-corrected chi connectivity index (χ3v) is 2.86. The molecule has 0 saturated carbocycles. The fourth-order valence-electron chi connectivity index (χ4n) is 1.62. The summed E-state index contributed by atoms with van der Waals surface area (Å²) in [5.41, 5.74) is 0.895. The van der Waals surface area contributed by atoms with Crippen molar-refractivity contribution in [3.8, 4) is 5.75 Å². The minimum absolute atomic E-state index is 0.0377. The minimum Gasteiger partial charge on any atom is -0.487 e. The number of alkyl halides is 1. The van der Waals surface area contributed by atoms with Gasteiger partial charge in [0.15, 0.2) is 5.75 Å². The van der Waals surface area contributed by atoms with E-state index in [0.717, 1.165) is 31.2 Å². The van der Waals surface area contributed by atoms with Crippen molar-refractivity contribution < 1.29 is 9.66 Å². The summed E-state index contributed by atoms with van der Waals surface area (Å²) in [7, 11) is 0. The van der Waals surface area contributed by atoms with E-state index in [1.165, 1.54) is 6.07 Å². The average Bonchev–Trinajstić information content (AvgIpc) is 2.35. The molecular formula is C13H18ClNO3. The number of hydrogen-bond acceptors (Lipinski definition) is 3. The number of hydrogen-bond donors (Lipinski definition) is 0. The zero-order chi connectivity index (χ0) is 13.4. The lowest BCUT2D eigenvalue weighted by Crippen LogP contribution is -2.01. The number of halogens is 1. The zero-order valence-electron chi connectivity index (χ0n) is 10.5. The van der Waals surface area contributed by atoms with Gasteiger partial charge in [-0.25, -0.2) is 0 Å². The van der Waals surface area contributed by atoms with Crippen LogP contribution in [-0.4, -0.2) is 17.4 Å². The predicted molar refractivity (Wildman–Crippen MR) is 72.5 cm³/mol. The van der Waals surface area contributed by atoms with Crippen LogP contribution in [0, 0.1) is 17.0 Å². The van der Waals surface area contributed by atoms with Crippen LogP contribution >= 0.6 is 11.6 Å². The summed E-state index contributed by atoms with van der Waals surface area (Å²) in [6, 6.07) is 5.00. The number of ether oxygens (including phenoxy) is 1. The Morgan fingerprint density at radius 2 is 2.00 bits per heavy atom. The van der Waals surface area contributed by atoms with Crippen LogP contribution in [0.3, 0.4) is 0 Å². The summed E-state index contributed by atoms with van der Waals surface area (Å²) in [4.78, 5) is 10.5. The van der Waals surface area contributed by atoms with E-state index in [0.29, 0.717) is 18.2 Å². The molecule has 0 bridgehead atoms. The highest BCUT2D eigenvalue weighted by atomic mass is 35.5. The molecular weight excluding hydrogens is 254 g/mol. The maximum absolute atomic E-state index is 10.9. The number of rotatable bonds is 8. The summed E-state index contributed by atoms with van der Waals surface area (Å²) >= 11 is 5.57. The molecule has 0 radical (unpaired) electrons. The molecule has 0 N–H and O–H groups in total. The van der Waals surface area contributed by atoms with Crippen molar-refractivity contribution >= 4 is 17.3 Å². The predicted octanol–water partition coefficient (Wildman–Crippen LogP) is 4.08. The number of nitro groups is 1. The third kappa shape index (κ3) is 4.92. The van der Waals surface area contributed by atoms with Gasteiger partial charge in [0, 0.05) is 11.9 Å². The normalized spacial score (nSPS) is 10.3. The number of nitro benzene ring substituents is 1. The van der Waals surface area contributed by atoms with Gasteiger partial charge >= 0.3 is 5.69 Å². The highest BCUT2D eigenvalue weighted by Gasteiger charge is 2.14. The second kappa shape index (κ2) is 7.93. The van der Waals surface area contributed by atoms with Gasteiger partial charge in [-0.2, -0.15) is 0 Å². The molecule has 4 nitrogen and oxygen atoms in total. The van der Waals surface area contributed by atoms with E-state index in [2.05, 4.69) is 0 Å². The Morgan fingerprint density at radius 1 is 1.28 bits per heavy atom. The number of unbranched alkanes of at least 4 members (excludes halogenated alkanes) is 3. The molecule has 0 aromatic heterocycles. The molecule has 0 heterocycles. The Balaban J connectivity index is 2.44. The number of benzene rings is 1. The van der Waals surface area contributed by atoms with Crippen LogP contribution in [0.4, 0.5) is 5.69 Å². The first-order chi connectivity index (χ1) is 8.65. The first kappa shape index (κ1) is 14.8. The SMILES string of the molecule is Cc1ccc(OCCCCCCCl)c([N+](=O)[O-])c1. The highest BCUT2D eigenvalue weighted by molar-refractivity contribution is 6.17. The van der Waals surface area contributed by atoms with Gasteiger partial charge in [-0.1, -0.05) is 18.9 Å². The van der Waals surface area contributed by atoms with Crippen LogP contribution in [0.5, 0.6) is 5.75 Å². The summed E-state index contributed by atoms with van der Waals surface area (Å²) in [6.07, 6.45) is 4.00. The van der Waals surface area contributed by atoms with Crippen LogP contribution < -0.4 is 4.74 Å². The van der Waals surface area contributed by atoms with Gasteiger partial charge in [0.05, 0.1) is 11.5 Å². The van der Waals surface area contributed by atoms with Gasteiger partial charge in [0.25, 0.3) is 0 Å². The first-order valence-corrected chi connectivity index (χ1v) is 6.62. The standard InChI is InChI=1S/C13H18ClNO3/c1-11-6-7-13(12(10-11)15(16)17)18-9-5-3-2-4-8-14/h6-7,10H,2-5,8-9H2,1H3. The van der Waals surface area contributed by atoms with Crippen LogP contribution in [0.1, 0.15) is 31.2 Å². The molecule has 1 rings (SSSR count). The van der Waals surface area contributed by atoms with Crippen molar-refractivity contribution in [3.05, 3.63) is 33.9 Å². The maximum Gasteiger partial charge on any atom is 0.311 e. The summed E-state index contributed by atoms with van der Waals surface area (Å²) < 4.78 is 5.46. The molecule has 1 aromatic rings. The molecule has 100 valence electrons. The molecule has 5 heteroatoms. The molecule has 0 unspecified atom stereocenters. The van der Waals surface area contributed by atoms with E-state index in [9.17, 15) is 10.1 Å². The molecule has 0 atom stereocenters. The van der Waals surface area contributed by atoms with Gasteiger partial charge in [0.2, 0.25) is 0 Å². The van der Waals surface area contributed by atoms with Gasteiger partial charge in [-0.05, 0) is 31.4 Å². The fraction of sp³-hybridized carbons (Fsp3) is 0.538. The van der Waals surface area contributed by atoms with Crippen molar-refractivity contribution in [2.75, 3.05) is 12.5 Å².